The maximum atomic E-state index is 12.7. The summed E-state index contributed by atoms with van der Waals surface area (Å²) in [6, 6.07) is 0. The van der Waals surface area contributed by atoms with Gasteiger partial charge in [0.05, 0.1) is 0 Å². The summed E-state index contributed by atoms with van der Waals surface area (Å²) in [5.74, 6) is -1.03. The second-order valence-electron chi connectivity index (χ2n) is 16.5. The SMILES string of the molecule is CC/C=C/C=C/C=C/C=C/C=C/CCCC(=O)OC(COC(=O)CCCCC/C=C/CCCCCCCC)COC(=O)CCCCCCC/C=C/C=C/CCCCCCCCC. The molecule has 0 aliphatic heterocycles. The second-order valence-corrected chi connectivity index (χ2v) is 16.5. The molecule has 0 aromatic heterocycles. The third kappa shape index (κ3) is 47.4. The van der Waals surface area contributed by atoms with Crippen molar-refractivity contribution in [2.45, 2.75) is 226 Å². The number of carbonyl (C=O) groups excluding carboxylic acids is 3. The number of allylic oxidation sites excluding steroid dienone is 16. The number of unbranched alkanes of at least 4 members (excludes halogenated alkanes) is 22. The van der Waals surface area contributed by atoms with Gasteiger partial charge >= 0.3 is 17.9 Å². The van der Waals surface area contributed by atoms with E-state index in [9.17, 15) is 14.4 Å². The van der Waals surface area contributed by atoms with Crippen LogP contribution >= 0.6 is 0 Å². The molecular formula is C56H92O6. The highest BCUT2D eigenvalue weighted by Crippen LogP contribution is 2.13. The fourth-order valence-electron chi connectivity index (χ4n) is 6.63. The molecule has 0 aromatic rings. The summed E-state index contributed by atoms with van der Waals surface area (Å²) in [5.41, 5.74) is 0. The van der Waals surface area contributed by atoms with Crippen molar-refractivity contribution in [3.05, 3.63) is 97.2 Å². The largest absolute Gasteiger partial charge is 0.462 e. The van der Waals surface area contributed by atoms with Gasteiger partial charge in [0.25, 0.3) is 0 Å². The zero-order chi connectivity index (χ0) is 45.1. The summed E-state index contributed by atoms with van der Waals surface area (Å²) in [7, 11) is 0. The quantitative estimate of drug-likeness (QED) is 0.0200. The topological polar surface area (TPSA) is 78.9 Å². The minimum absolute atomic E-state index is 0.120. The van der Waals surface area contributed by atoms with E-state index in [-0.39, 0.29) is 31.6 Å². The summed E-state index contributed by atoms with van der Waals surface area (Å²) >= 11 is 0. The molecule has 1 unspecified atom stereocenters. The van der Waals surface area contributed by atoms with Crippen molar-refractivity contribution < 1.29 is 28.6 Å². The van der Waals surface area contributed by atoms with Crippen molar-refractivity contribution in [2.24, 2.45) is 0 Å². The molecule has 0 aliphatic carbocycles. The molecule has 0 saturated heterocycles. The Balaban J connectivity index is 4.51. The number of carbonyl (C=O) groups is 3. The van der Waals surface area contributed by atoms with Gasteiger partial charge in [-0.15, -0.1) is 0 Å². The van der Waals surface area contributed by atoms with Crippen LogP contribution in [0, 0.1) is 0 Å². The number of ether oxygens (including phenoxy) is 3. The molecule has 0 spiro atoms. The summed E-state index contributed by atoms with van der Waals surface area (Å²) in [4.78, 5) is 37.9. The van der Waals surface area contributed by atoms with Gasteiger partial charge < -0.3 is 14.2 Å². The van der Waals surface area contributed by atoms with Gasteiger partial charge in [0.2, 0.25) is 0 Å². The molecule has 6 nitrogen and oxygen atoms in total. The Morgan fingerprint density at radius 2 is 0.661 bits per heavy atom. The molecule has 0 radical (unpaired) electrons. The molecule has 0 rings (SSSR count). The molecule has 0 N–H and O–H groups in total. The molecule has 0 aromatic carbocycles. The van der Waals surface area contributed by atoms with E-state index in [1.807, 2.05) is 54.7 Å². The Kier molecular flexibility index (Phi) is 47.0. The first-order valence-corrected chi connectivity index (χ1v) is 25.3. The molecule has 0 bridgehead atoms. The van der Waals surface area contributed by atoms with Crippen LogP contribution in [0.4, 0.5) is 0 Å². The fraction of sp³-hybridized carbons (Fsp3) is 0.661. The Morgan fingerprint density at radius 1 is 0.339 bits per heavy atom. The van der Waals surface area contributed by atoms with E-state index in [4.69, 9.17) is 14.2 Å². The Bertz CT molecular complexity index is 1260. The Labute approximate surface area is 381 Å². The summed E-state index contributed by atoms with van der Waals surface area (Å²) in [6.07, 6.45) is 65.4. The van der Waals surface area contributed by atoms with Crippen molar-refractivity contribution in [1.82, 2.24) is 0 Å². The first-order chi connectivity index (χ1) is 30.5. The van der Waals surface area contributed by atoms with Gasteiger partial charge in [-0.3, -0.25) is 14.4 Å². The van der Waals surface area contributed by atoms with Crippen LogP contribution < -0.4 is 0 Å². The predicted molar refractivity (Wildman–Crippen MR) is 265 cm³/mol. The summed E-state index contributed by atoms with van der Waals surface area (Å²) < 4.78 is 16.7. The summed E-state index contributed by atoms with van der Waals surface area (Å²) in [5, 5.41) is 0. The lowest BCUT2D eigenvalue weighted by atomic mass is 10.1. The molecule has 1 atom stereocenters. The van der Waals surface area contributed by atoms with Gasteiger partial charge in [0.15, 0.2) is 6.10 Å². The van der Waals surface area contributed by atoms with Crippen LogP contribution in [0.3, 0.4) is 0 Å². The molecular weight excluding hydrogens is 769 g/mol. The van der Waals surface area contributed by atoms with Crippen molar-refractivity contribution in [3.8, 4) is 0 Å². The molecule has 0 amide bonds. The monoisotopic (exact) mass is 861 g/mol. The number of hydrogen-bond acceptors (Lipinski definition) is 6. The lowest BCUT2D eigenvalue weighted by Crippen LogP contribution is -2.30. The molecule has 352 valence electrons. The highest BCUT2D eigenvalue weighted by atomic mass is 16.6. The van der Waals surface area contributed by atoms with Gasteiger partial charge in [-0.25, -0.2) is 0 Å². The van der Waals surface area contributed by atoms with Gasteiger partial charge in [0.1, 0.15) is 13.2 Å². The Morgan fingerprint density at radius 3 is 1.11 bits per heavy atom. The van der Waals surface area contributed by atoms with E-state index < -0.39 is 12.1 Å². The lowest BCUT2D eigenvalue weighted by molar-refractivity contribution is -0.167. The van der Waals surface area contributed by atoms with Crippen LogP contribution in [0.2, 0.25) is 0 Å². The van der Waals surface area contributed by atoms with Gasteiger partial charge in [-0.05, 0) is 83.5 Å². The van der Waals surface area contributed by atoms with Crippen LogP contribution in [0.1, 0.15) is 220 Å². The van der Waals surface area contributed by atoms with Crippen molar-refractivity contribution >= 4 is 17.9 Å². The highest BCUT2D eigenvalue weighted by molar-refractivity contribution is 5.71. The van der Waals surface area contributed by atoms with Crippen molar-refractivity contribution in [2.75, 3.05) is 13.2 Å². The van der Waals surface area contributed by atoms with E-state index >= 15 is 0 Å². The molecule has 0 fully saturated rings. The molecule has 0 aliphatic rings. The van der Waals surface area contributed by atoms with Crippen LogP contribution in [0.25, 0.3) is 0 Å². The number of esters is 3. The minimum Gasteiger partial charge on any atom is -0.462 e. The van der Waals surface area contributed by atoms with Crippen molar-refractivity contribution in [3.63, 3.8) is 0 Å². The molecule has 6 heteroatoms. The number of rotatable bonds is 44. The zero-order valence-corrected chi connectivity index (χ0v) is 40.1. The highest BCUT2D eigenvalue weighted by Gasteiger charge is 2.19. The first kappa shape index (κ1) is 58.3. The van der Waals surface area contributed by atoms with Gasteiger partial charge in [0, 0.05) is 19.3 Å². The van der Waals surface area contributed by atoms with Crippen LogP contribution in [-0.2, 0) is 28.6 Å². The maximum Gasteiger partial charge on any atom is 0.306 e. The first-order valence-electron chi connectivity index (χ1n) is 25.3. The van der Waals surface area contributed by atoms with Crippen LogP contribution in [0.5, 0.6) is 0 Å². The standard InChI is InChI=1S/C56H92O6/c1-4-7-10-13-16-19-22-25-26-27-28-29-32-34-37-40-43-46-49-55(58)61-52-53(62-56(59)50-47-44-41-38-35-31-24-21-18-15-12-9-6-3)51-60-54(57)48-45-42-39-36-33-30-23-20-17-14-11-8-5-2/h9,12,15,18,21,24,26-31,33,35,38,41,53H,4-8,10-11,13-14,16-17,19-20,22-23,25,32,34,36-37,39-40,42-52H2,1-3H3/b12-9+,18-15+,24-21+,27-26+,29-28+,33-30+,35-31+,41-38+. The van der Waals surface area contributed by atoms with Gasteiger partial charge in [-0.2, -0.15) is 0 Å². The molecule has 0 saturated carbocycles. The lowest BCUT2D eigenvalue weighted by Gasteiger charge is -2.18. The third-order valence-electron chi connectivity index (χ3n) is 10.4. The predicted octanol–water partition coefficient (Wildman–Crippen LogP) is 16.6. The third-order valence-corrected chi connectivity index (χ3v) is 10.4. The van der Waals surface area contributed by atoms with E-state index in [1.165, 1.54) is 89.9 Å². The fourth-order valence-corrected chi connectivity index (χ4v) is 6.63. The smallest absolute Gasteiger partial charge is 0.306 e. The van der Waals surface area contributed by atoms with Crippen molar-refractivity contribution in [1.29, 1.82) is 0 Å². The van der Waals surface area contributed by atoms with E-state index in [1.54, 1.807) is 0 Å². The van der Waals surface area contributed by atoms with E-state index in [0.717, 1.165) is 83.5 Å². The van der Waals surface area contributed by atoms with Gasteiger partial charge in [-0.1, -0.05) is 214 Å². The van der Waals surface area contributed by atoms with E-state index in [2.05, 4.69) is 63.3 Å². The normalized spacial score (nSPS) is 12.9. The average molecular weight is 861 g/mol. The molecule has 0 heterocycles. The number of hydrogen-bond donors (Lipinski definition) is 0. The zero-order valence-electron chi connectivity index (χ0n) is 40.1. The Hall–Kier alpha value is -3.67. The van der Waals surface area contributed by atoms with Crippen LogP contribution in [-0.4, -0.2) is 37.2 Å². The summed E-state index contributed by atoms with van der Waals surface area (Å²) in [6.45, 7) is 6.38. The average Bonchev–Trinajstić information content (AvgIpc) is 3.27. The van der Waals surface area contributed by atoms with Crippen LogP contribution in [0.15, 0.2) is 97.2 Å². The van der Waals surface area contributed by atoms with E-state index in [0.29, 0.717) is 19.3 Å². The minimum atomic E-state index is -0.827. The second kappa shape index (κ2) is 50.0. The molecule has 62 heavy (non-hydrogen) atoms. The maximum absolute atomic E-state index is 12.7.